The molecular weight excluding hydrogens is 392 g/mol. The molecule has 1 aromatic carbocycles. The zero-order chi connectivity index (χ0) is 18.7. The van der Waals surface area contributed by atoms with E-state index in [1.54, 1.807) is 17.7 Å². The number of hydrogen-bond acceptors (Lipinski definition) is 5. The third-order valence-electron chi connectivity index (χ3n) is 3.85. The van der Waals surface area contributed by atoms with Crippen LogP contribution >= 0.6 is 15.9 Å². The summed E-state index contributed by atoms with van der Waals surface area (Å²) in [5.74, 6) is -0.395. The molecule has 1 N–H and O–H groups in total. The van der Waals surface area contributed by atoms with Gasteiger partial charge in [0.1, 0.15) is 11.4 Å². The van der Waals surface area contributed by atoms with Gasteiger partial charge in [-0.15, -0.1) is 0 Å². The Hall–Kier alpha value is -2.42. The van der Waals surface area contributed by atoms with Crippen LogP contribution in [0.1, 0.15) is 18.3 Å². The van der Waals surface area contributed by atoms with Crippen LogP contribution in [0.2, 0.25) is 0 Å². The van der Waals surface area contributed by atoms with Crippen molar-refractivity contribution in [1.82, 2.24) is 9.78 Å². The van der Waals surface area contributed by atoms with E-state index in [0.717, 1.165) is 15.9 Å². The van der Waals surface area contributed by atoms with E-state index in [4.69, 9.17) is 4.74 Å². The van der Waals surface area contributed by atoms with Gasteiger partial charge < -0.3 is 10.1 Å². The van der Waals surface area contributed by atoms with Gasteiger partial charge in [-0.1, -0.05) is 6.92 Å². The van der Waals surface area contributed by atoms with E-state index in [1.807, 2.05) is 13.8 Å². The lowest BCUT2D eigenvalue weighted by Crippen LogP contribution is -2.25. The standard InChI is InChI=1S/C16H19BrN4O4/c1-9(8-20-11(3)15(17)10(2)19-20)16(22)18-13-6-5-12(25-4)7-14(13)21(23)24/h5-7,9H,8H2,1-4H3,(H,18,22). The Balaban J connectivity index is 2.16. The number of carbonyl (C=O) groups is 1. The molecule has 0 radical (unpaired) electrons. The quantitative estimate of drug-likeness (QED) is 0.580. The van der Waals surface area contributed by atoms with Gasteiger partial charge in [0.25, 0.3) is 5.69 Å². The summed E-state index contributed by atoms with van der Waals surface area (Å²) in [6, 6.07) is 4.30. The molecule has 0 fully saturated rings. The fourth-order valence-corrected chi connectivity index (χ4v) is 2.63. The Morgan fingerprint density at radius 3 is 2.68 bits per heavy atom. The molecular formula is C16H19BrN4O4. The highest BCUT2D eigenvalue weighted by molar-refractivity contribution is 9.10. The highest BCUT2D eigenvalue weighted by Gasteiger charge is 2.21. The predicted molar refractivity (Wildman–Crippen MR) is 96.8 cm³/mol. The van der Waals surface area contributed by atoms with Crippen molar-refractivity contribution in [3.8, 4) is 5.75 Å². The smallest absolute Gasteiger partial charge is 0.296 e. The number of hydrogen-bond donors (Lipinski definition) is 1. The van der Waals surface area contributed by atoms with Crippen molar-refractivity contribution in [3.05, 3.63) is 44.2 Å². The summed E-state index contributed by atoms with van der Waals surface area (Å²) in [7, 11) is 1.42. The molecule has 1 heterocycles. The summed E-state index contributed by atoms with van der Waals surface area (Å²) in [6.07, 6.45) is 0. The van der Waals surface area contributed by atoms with Crippen LogP contribution in [0.25, 0.3) is 0 Å². The van der Waals surface area contributed by atoms with E-state index in [2.05, 4.69) is 26.3 Å². The second kappa shape index (κ2) is 7.64. The van der Waals surface area contributed by atoms with Gasteiger partial charge in [-0.05, 0) is 41.9 Å². The van der Waals surface area contributed by atoms with Crippen molar-refractivity contribution in [2.45, 2.75) is 27.3 Å². The van der Waals surface area contributed by atoms with E-state index < -0.39 is 10.8 Å². The van der Waals surface area contributed by atoms with Crippen LogP contribution in [0.5, 0.6) is 5.75 Å². The lowest BCUT2D eigenvalue weighted by molar-refractivity contribution is -0.384. The number of halogens is 1. The first-order valence-electron chi connectivity index (χ1n) is 7.57. The molecule has 2 rings (SSSR count). The summed E-state index contributed by atoms with van der Waals surface area (Å²) < 4.78 is 7.64. The SMILES string of the molecule is COc1ccc(NC(=O)C(C)Cn2nc(C)c(Br)c2C)c([N+](=O)[O-])c1. The molecule has 9 heteroatoms. The topological polar surface area (TPSA) is 99.3 Å². The molecule has 0 aliphatic carbocycles. The number of carbonyl (C=O) groups excluding carboxylic acids is 1. The minimum absolute atomic E-state index is 0.136. The second-order valence-corrected chi connectivity index (χ2v) is 6.49. The zero-order valence-electron chi connectivity index (χ0n) is 14.4. The first-order valence-corrected chi connectivity index (χ1v) is 8.36. The minimum atomic E-state index is -0.555. The largest absolute Gasteiger partial charge is 0.496 e. The Bertz CT molecular complexity index is 819. The van der Waals surface area contributed by atoms with Crippen molar-refractivity contribution in [2.75, 3.05) is 12.4 Å². The zero-order valence-corrected chi connectivity index (χ0v) is 16.0. The number of nitrogens with zero attached hydrogens (tertiary/aromatic N) is 3. The third-order valence-corrected chi connectivity index (χ3v) is 4.99. The maximum atomic E-state index is 12.4. The van der Waals surface area contributed by atoms with Gasteiger partial charge in [0.2, 0.25) is 5.91 Å². The molecule has 0 aliphatic rings. The second-order valence-electron chi connectivity index (χ2n) is 5.70. The van der Waals surface area contributed by atoms with E-state index in [1.165, 1.54) is 19.2 Å². The maximum Gasteiger partial charge on any atom is 0.296 e. The molecule has 1 unspecified atom stereocenters. The first-order chi connectivity index (χ1) is 11.7. The van der Waals surface area contributed by atoms with Crippen LogP contribution in [-0.4, -0.2) is 27.7 Å². The monoisotopic (exact) mass is 410 g/mol. The van der Waals surface area contributed by atoms with Crippen LogP contribution in [0.4, 0.5) is 11.4 Å². The lowest BCUT2D eigenvalue weighted by atomic mass is 10.1. The first kappa shape index (κ1) is 18.9. The molecule has 0 bridgehead atoms. The Morgan fingerprint density at radius 2 is 2.16 bits per heavy atom. The summed E-state index contributed by atoms with van der Waals surface area (Å²) in [4.78, 5) is 23.1. The fourth-order valence-electron chi connectivity index (χ4n) is 2.35. The normalized spacial score (nSPS) is 11.9. The number of nitrogens with one attached hydrogen (secondary N) is 1. The highest BCUT2D eigenvalue weighted by atomic mass is 79.9. The third kappa shape index (κ3) is 4.16. The highest BCUT2D eigenvalue weighted by Crippen LogP contribution is 2.29. The predicted octanol–water partition coefficient (Wildman–Crippen LogP) is 3.45. The van der Waals surface area contributed by atoms with Crippen molar-refractivity contribution in [2.24, 2.45) is 5.92 Å². The van der Waals surface area contributed by atoms with Crippen LogP contribution in [0.3, 0.4) is 0 Å². The number of aromatic nitrogens is 2. The Morgan fingerprint density at radius 1 is 1.48 bits per heavy atom. The molecule has 134 valence electrons. The summed E-state index contributed by atoms with van der Waals surface area (Å²) in [5, 5.41) is 18.2. The number of nitro groups is 1. The number of aryl methyl sites for hydroxylation is 1. The van der Waals surface area contributed by atoms with Crippen LogP contribution in [-0.2, 0) is 11.3 Å². The van der Waals surface area contributed by atoms with E-state index in [0.29, 0.717) is 12.3 Å². The molecule has 1 amide bonds. The number of methoxy groups -OCH3 is 1. The lowest BCUT2D eigenvalue weighted by Gasteiger charge is -2.14. The summed E-state index contributed by atoms with van der Waals surface area (Å²) >= 11 is 3.45. The number of nitro benzene ring substituents is 1. The van der Waals surface area contributed by atoms with Gasteiger partial charge >= 0.3 is 0 Å². The van der Waals surface area contributed by atoms with Crippen molar-refractivity contribution in [3.63, 3.8) is 0 Å². The average molecular weight is 411 g/mol. The van der Waals surface area contributed by atoms with Gasteiger partial charge in [0.05, 0.1) is 40.7 Å². The van der Waals surface area contributed by atoms with Gasteiger partial charge in [-0.2, -0.15) is 5.10 Å². The van der Waals surface area contributed by atoms with E-state index in [9.17, 15) is 14.9 Å². The fraction of sp³-hybridized carbons (Fsp3) is 0.375. The Labute approximate surface area is 153 Å². The number of amides is 1. The molecule has 2 aromatic rings. The van der Waals surface area contributed by atoms with E-state index >= 15 is 0 Å². The molecule has 0 saturated heterocycles. The van der Waals surface area contributed by atoms with Gasteiger partial charge in [0.15, 0.2) is 0 Å². The van der Waals surface area contributed by atoms with Crippen LogP contribution < -0.4 is 10.1 Å². The van der Waals surface area contributed by atoms with Gasteiger partial charge in [-0.3, -0.25) is 19.6 Å². The Kier molecular flexibility index (Phi) is 5.78. The molecule has 8 nitrogen and oxygen atoms in total. The summed E-state index contributed by atoms with van der Waals surface area (Å²) in [5.41, 5.74) is 1.69. The number of rotatable bonds is 6. The molecule has 1 aromatic heterocycles. The van der Waals surface area contributed by atoms with Gasteiger partial charge in [0, 0.05) is 5.69 Å². The van der Waals surface area contributed by atoms with E-state index in [-0.39, 0.29) is 17.3 Å². The maximum absolute atomic E-state index is 12.4. The van der Waals surface area contributed by atoms with Crippen molar-refractivity contribution >= 4 is 33.2 Å². The number of benzene rings is 1. The van der Waals surface area contributed by atoms with Crippen molar-refractivity contribution < 1.29 is 14.5 Å². The van der Waals surface area contributed by atoms with Crippen LogP contribution in [0, 0.1) is 29.9 Å². The molecule has 0 saturated carbocycles. The summed E-state index contributed by atoms with van der Waals surface area (Å²) in [6.45, 7) is 5.89. The number of ether oxygens (including phenoxy) is 1. The number of anilines is 1. The van der Waals surface area contributed by atoms with Gasteiger partial charge in [-0.25, -0.2) is 0 Å². The molecule has 1 atom stereocenters. The van der Waals surface area contributed by atoms with Crippen molar-refractivity contribution in [1.29, 1.82) is 0 Å². The van der Waals surface area contributed by atoms with Crippen LogP contribution in [0.15, 0.2) is 22.7 Å². The average Bonchev–Trinajstić information content (AvgIpc) is 2.81. The molecule has 0 aliphatic heterocycles. The molecule has 25 heavy (non-hydrogen) atoms. The molecule has 0 spiro atoms. The minimum Gasteiger partial charge on any atom is -0.496 e.